The molecule has 2 aromatic heterocycles. The van der Waals surface area contributed by atoms with Gasteiger partial charge in [0.05, 0.1) is 12.6 Å². The molecule has 1 saturated carbocycles. The molecule has 1 fully saturated rings. The molecule has 18 heavy (non-hydrogen) atoms. The number of fused-ring (bicyclic) bond motifs is 1. The van der Waals surface area contributed by atoms with Crippen molar-refractivity contribution < 1.29 is 9.90 Å². The van der Waals surface area contributed by atoms with Gasteiger partial charge in [-0.3, -0.25) is 4.79 Å². The summed E-state index contributed by atoms with van der Waals surface area (Å²) in [6.07, 6.45) is 7.44. The number of aliphatic carboxylic acids is 1. The van der Waals surface area contributed by atoms with E-state index in [1.165, 1.54) is 0 Å². The van der Waals surface area contributed by atoms with Crippen LogP contribution in [0.1, 0.15) is 19.3 Å². The maximum absolute atomic E-state index is 10.9. The predicted octanol–water partition coefficient (Wildman–Crippen LogP) is 1.39. The molecule has 0 saturated heterocycles. The van der Waals surface area contributed by atoms with E-state index in [1.807, 2.05) is 6.07 Å². The van der Waals surface area contributed by atoms with Crippen LogP contribution in [0, 0.1) is 5.92 Å². The van der Waals surface area contributed by atoms with Gasteiger partial charge >= 0.3 is 5.97 Å². The Morgan fingerprint density at radius 2 is 2.39 bits per heavy atom. The van der Waals surface area contributed by atoms with Gasteiger partial charge in [-0.25, -0.2) is 9.50 Å². The van der Waals surface area contributed by atoms with Crippen molar-refractivity contribution in [3.8, 4) is 0 Å². The number of carbonyl (C=O) groups is 1. The quantitative estimate of drug-likeness (QED) is 0.833. The summed E-state index contributed by atoms with van der Waals surface area (Å²) in [7, 11) is 0. The van der Waals surface area contributed by atoms with Crippen LogP contribution in [0.2, 0.25) is 0 Å². The first-order chi connectivity index (χ1) is 8.74. The number of carboxylic acid groups (broad SMARTS) is 1. The third-order valence-electron chi connectivity index (χ3n) is 3.23. The van der Waals surface area contributed by atoms with E-state index >= 15 is 0 Å². The van der Waals surface area contributed by atoms with Gasteiger partial charge in [-0.15, -0.1) is 0 Å². The normalized spacial score (nSPS) is 16.7. The summed E-state index contributed by atoms with van der Waals surface area (Å²) < 4.78 is 1.72. The second kappa shape index (κ2) is 4.29. The summed E-state index contributed by atoms with van der Waals surface area (Å²) in [6.45, 7) is 0. The van der Waals surface area contributed by atoms with Crippen LogP contribution in [0.3, 0.4) is 0 Å². The van der Waals surface area contributed by atoms with E-state index in [2.05, 4.69) is 15.4 Å². The number of aromatic nitrogens is 3. The number of nitrogens with zero attached hydrogens (tertiary/aromatic N) is 3. The van der Waals surface area contributed by atoms with Crippen LogP contribution in [0.5, 0.6) is 0 Å². The standard InChI is InChI=1S/C12H14N4O2/c17-11(18)7-9(8-1-2-8)15-12-10-3-4-14-16(10)6-5-13-12/h3-6,8-9H,1-2,7H2,(H,13,15)(H,17,18). The van der Waals surface area contributed by atoms with E-state index in [0.29, 0.717) is 11.7 Å². The summed E-state index contributed by atoms with van der Waals surface area (Å²) in [5.41, 5.74) is 0.869. The molecule has 0 radical (unpaired) electrons. The van der Waals surface area contributed by atoms with E-state index in [1.54, 1.807) is 23.1 Å². The summed E-state index contributed by atoms with van der Waals surface area (Å²) in [6, 6.07) is 1.82. The first-order valence-electron chi connectivity index (χ1n) is 6.01. The van der Waals surface area contributed by atoms with Crippen LogP contribution in [-0.4, -0.2) is 31.7 Å². The Bertz CT molecular complexity index is 576. The van der Waals surface area contributed by atoms with Crippen molar-refractivity contribution in [1.29, 1.82) is 0 Å². The van der Waals surface area contributed by atoms with Crippen molar-refractivity contribution in [3.05, 3.63) is 24.7 Å². The monoisotopic (exact) mass is 246 g/mol. The number of rotatable bonds is 5. The highest BCUT2D eigenvalue weighted by Crippen LogP contribution is 2.35. The lowest BCUT2D eigenvalue weighted by Gasteiger charge is -2.17. The summed E-state index contributed by atoms with van der Waals surface area (Å²) >= 11 is 0. The molecule has 1 aliphatic rings. The first-order valence-corrected chi connectivity index (χ1v) is 6.01. The largest absolute Gasteiger partial charge is 0.481 e. The number of anilines is 1. The molecule has 2 aromatic rings. The molecule has 0 aliphatic heterocycles. The van der Waals surface area contributed by atoms with Crippen LogP contribution in [0.25, 0.3) is 5.52 Å². The fourth-order valence-corrected chi connectivity index (χ4v) is 2.17. The minimum atomic E-state index is -0.778. The molecule has 94 valence electrons. The van der Waals surface area contributed by atoms with E-state index in [0.717, 1.165) is 18.4 Å². The lowest BCUT2D eigenvalue weighted by Crippen LogP contribution is -2.26. The molecule has 6 heteroatoms. The third kappa shape index (κ3) is 2.13. The number of carboxylic acids is 1. The highest BCUT2D eigenvalue weighted by atomic mass is 16.4. The summed E-state index contributed by atoms with van der Waals surface area (Å²) in [5.74, 6) is 0.374. The summed E-state index contributed by atoms with van der Waals surface area (Å²) in [4.78, 5) is 15.1. The van der Waals surface area contributed by atoms with Crippen molar-refractivity contribution >= 4 is 17.3 Å². The zero-order valence-electron chi connectivity index (χ0n) is 9.78. The van der Waals surface area contributed by atoms with E-state index < -0.39 is 5.97 Å². The van der Waals surface area contributed by atoms with Gasteiger partial charge in [0.25, 0.3) is 0 Å². The van der Waals surface area contributed by atoms with Crippen molar-refractivity contribution in [2.45, 2.75) is 25.3 Å². The molecular formula is C12H14N4O2. The Hall–Kier alpha value is -2.11. The van der Waals surface area contributed by atoms with Gasteiger partial charge in [-0.1, -0.05) is 0 Å². The number of hydrogen-bond donors (Lipinski definition) is 2. The minimum absolute atomic E-state index is 0.0453. The van der Waals surface area contributed by atoms with Crippen molar-refractivity contribution in [1.82, 2.24) is 14.6 Å². The molecule has 2 heterocycles. The van der Waals surface area contributed by atoms with Crippen LogP contribution in [0.15, 0.2) is 24.7 Å². The van der Waals surface area contributed by atoms with Gasteiger partial charge in [-0.05, 0) is 24.8 Å². The van der Waals surface area contributed by atoms with Gasteiger partial charge in [0, 0.05) is 18.4 Å². The Labute approximate surface area is 104 Å². The van der Waals surface area contributed by atoms with Gasteiger partial charge in [-0.2, -0.15) is 5.10 Å². The zero-order chi connectivity index (χ0) is 12.5. The highest BCUT2D eigenvalue weighted by Gasteiger charge is 2.33. The molecule has 3 rings (SSSR count). The average molecular weight is 246 g/mol. The van der Waals surface area contributed by atoms with E-state index in [9.17, 15) is 4.79 Å². The van der Waals surface area contributed by atoms with Crippen LogP contribution in [-0.2, 0) is 4.79 Å². The predicted molar refractivity (Wildman–Crippen MR) is 65.4 cm³/mol. The molecule has 1 atom stereocenters. The van der Waals surface area contributed by atoms with Crippen molar-refractivity contribution in [3.63, 3.8) is 0 Å². The highest BCUT2D eigenvalue weighted by molar-refractivity contribution is 5.71. The molecule has 1 unspecified atom stereocenters. The van der Waals surface area contributed by atoms with Gasteiger partial charge in [0.1, 0.15) is 5.52 Å². The average Bonchev–Trinajstić information content (AvgIpc) is 3.06. The molecule has 6 nitrogen and oxygen atoms in total. The van der Waals surface area contributed by atoms with Crippen LogP contribution >= 0.6 is 0 Å². The Balaban J connectivity index is 1.85. The molecule has 1 aliphatic carbocycles. The van der Waals surface area contributed by atoms with Gasteiger partial charge in [0.2, 0.25) is 0 Å². The lowest BCUT2D eigenvalue weighted by molar-refractivity contribution is -0.137. The Kier molecular flexibility index (Phi) is 2.62. The first kappa shape index (κ1) is 11.0. The minimum Gasteiger partial charge on any atom is -0.481 e. The molecule has 0 amide bonds. The summed E-state index contributed by atoms with van der Waals surface area (Å²) in [5, 5.41) is 16.3. The molecule has 2 N–H and O–H groups in total. The molecular weight excluding hydrogens is 232 g/mol. The smallest absolute Gasteiger partial charge is 0.305 e. The van der Waals surface area contributed by atoms with Gasteiger partial charge in [0.15, 0.2) is 5.82 Å². The fourth-order valence-electron chi connectivity index (χ4n) is 2.17. The van der Waals surface area contributed by atoms with E-state index in [-0.39, 0.29) is 12.5 Å². The van der Waals surface area contributed by atoms with Crippen LogP contribution in [0.4, 0.5) is 5.82 Å². The van der Waals surface area contributed by atoms with Crippen molar-refractivity contribution in [2.75, 3.05) is 5.32 Å². The zero-order valence-corrected chi connectivity index (χ0v) is 9.78. The number of hydrogen-bond acceptors (Lipinski definition) is 4. The second-order valence-corrected chi connectivity index (χ2v) is 4.62. The second-order valence-electron chi connectivity index (χ2n) is 4.62. The lowest BCUT2D eigenvalue weighted by atomic mass is 10.1. The third-order valence-corrected chi connectivity index (χ3v) is 3.23. The maximum atomic E-state index is 10.9. The van der Waals surface area contributed by atoms with Crippen molar-refractivity contribution in [2.24, 2.45) is 5.92 Å². The fraction of sp³-hybridized carbons (Fsp3) is 0.417. The number of nitrogens with one attached hydrogen (secondary N) is 1. The molecule has 0 spiro atoms. The topological polar surface area (TPSA) is 79.5 Å². The van der Waals surface area contributed by atoms with E-state index in [4.69, 9.17) is 5.11 Å². The molecule has 0 aromatic carbocycles. The SMILES string of the molecule is O=C(O)CC(Nc1nccn2nccc12)C1CC1. The van der Waals surface area contributed by atoms with Crippen LogP contribution < -0.4 is 5.32 Å². The van der Waals surface area contributed by atoms with Gasteiger partial charge < -0.3 is 10.4 Å². The Morgan fingerprint density at radius 1 is 1.56 bits per heavy atom. The molecule has 0 bridgehead atoms. The Morgan fingerprint density at radius 3 is 3.11 bits per heavy atom. The maximum Gasteiger partial charge on any atom is 0.305 e.